The maximum absolute atomic E-state index is 13.5. The molecule has 0 unspecified atom stereocenters. The minimum atomic E-state index is -0.583. The third-order valence-corrected chi connectivity index (χ3v) is 3.26. The zero-order valence-corrected chi connectivity index (χ0v) is 12.2. The minimum absolute atomic E-state index is 0.0655. The van der Waals surface area contributed by atoms with Crippen LogP contribution in [0.4, 0.5) is 8.78 Å². The monoisotopic (exact) mass is 317 g/mol. The molecule has 1 aromatic carbocycles. The first kappa shape index (κ1) is 15.0. The Morgan fingerprint density at radius 2 is 2.09 bits per heavy atom. The van der Waals surface area contributed by atoms with Crippen LogP contribution in [0.2, 0.25) is 0 Å². The van der Waals surface area contributed by atoms with E-state index >= 15 is 0 Å². The summed E-state index contributed by atoms with van der Waals surface area (Å²) in [5, 5.41) is 9.08. The summed E-state index contributed by atoms with van der Waals surface area (Å²) in [6.07, 6.45) is 0. The standard InChI is InChI=1S/C16H13F2N3O2/c1-9-2-5-15(23-9)13-7-14(21-20-13)16(22)19-8-10-6-11(17)3-4-12(10)18/h2-7H,8H2,1H3,(H,19,22)(H,20,21). The zero-order valence-electron chi connectivity index (χ0n) is 12.2. The molecule has 0 aliphatic rings. The normalized spacial score (nSPS) is 10.7. The summed E-state index contributed by atoms with van der Waals surface area (Å²) in [6.45, 7) is 1.67. The molecule has 2 heterocycles. The van der Waals surface area contributed by atoms with Crippen molar-refractivity contribution in [1.29, 1.82) is 0 Å². The van der Waals surface area contributed by atoms with E-state index < -0.39 is 17.5 Å². The summed E-state index contributed by atoms with van der Waals surface area (Å²) in [4.78, 5) is 12.0. The molecule has 0 spiro atoms. The van der Waals surface area contributed by atoms with Crippen molar-refractivity contribution >= 4 is 5.91 Å². The molecule has 0 saturated carbocycles. The van der Waals surface area contributed by atoms with E-state index in [2.05, 4.69) is 15.5 Å². The van der Waals surface area contributed by atoms with Gasteiger partial charge < -0.3 is 9.73 Å². The molecule has 0 bridgehead atoms. The molecule has 3 rings (SSSR count). The van der Waals surface area contributed by atoms with Crippen LogP contribution >= 0.6 is 0 Å². The van der Waals surface area contributed by atoms with Gasteiger partial charge in [0.1, 0.15) is 23.1 Å². The Labute approximate surface area is 130 Å². The van der Waals surface area contributed by atoms with E-state index in [1.807, 2.05) is 0 Å². The molecule has 0 saturated heterocycles. The van der Waals surface area contributed by atoms with E-state index in [1.165, 1.54) is 6.07 Å². The molecule has 0 aliphatic carbocycles. The number of H-pyrrole nitrogens is 1. The summed E-state index contributed by atoms with van der Waals surface area (Å²) in [5.41, 5.74) is 0.752. The highest BCUT2D eigenvalue weighted by Crippen LogP contribution is 2.20. The number of furan rings is 1. The van der Waals surface area contributed by atoms with Crippen LogP contribution in [0.15, 0.2) is 40.8 Å². The Morgan fingerprint density at radius 3 is 2.83 bits per heavy atom. The van der Waals surface area contributed by atoms with Crippen molar-refractivity contribution in [2.45, 2.75) is 13.5 Å². The van der Waals surface area contributed by atoms with Gasteiger partial charge in [0.05, 0.1) is 0 Å². The van der Waals surface area contributed by atoms with Crippen LogP contribution in [0.3, 0.4) is 0 Å². The molecule has 1 amide bonds. The summed E-state index contributed by atoms with van der Waals surface area (Å²) < 4.78 is 32.0. The topological polar surface area (TPSA) is 70.9 Å². The van der Waals surface area contributed by atoms with Crippen molar-refractivity contribution in [3.8, 4) is 11.5 Å². The van der Waals surface area contributed by atoms with Crippen LogP contribution in [0.5, 0.6) is 0 Å². The third-order valence-electron chi connectivity index (χ3n) is 3.26. The summed E-state index contributed by atoms with van der Waals surface area (Å²) in [5.74, 6) is -0.349. The Bertz CT molecular complexity index is 855. The molecule has 118 valence electrons. The lowest BCUT2D eigenvalue weighted by molar-refractivity contribution is 0.0945. The molecule has 0 aliphatic heterocycles. The van der Waals surface area contributed by atoms with Gasteiger partial charge in [-0.25, -0.2) is 8.78 Å². The van der Waals surface area contributed by atoms with Crippen molar-refractivity contribution in [3.05, 3.63) is 65.1 Å². The van der Waals surface area contributed by atoms with Crippen molar-refractivity contribution in [1.82, 2.24) is 15.5 Å². The Kier molecular flexibility index (Phi) is 3.92. The molecule has 0 radical (unpaired) electrons. The fraction of sp³-hybridized carbons (Fsp3) is 0.125. The maximum Gasteiger partial charge on any atom is 0.272 e. The fourth-order valence-corrected chi connectivity index (χ4v) is 2.09. The van der Waals surface area contributed by atoms with Gasteiger partial charge in [-0.05, 0) is 37.3 Å². The van der Waals surface area contributed by atoms with Gasteiger partial charge in [-0.1, -0.05) is 0 Å². The lowest BCUT2D eigenvalue weighted by Crippen LogP contribution is -2.23. The number of carbonyl (C=O) groups excluding carboxylic acids is 1. The molecule has 3 aromatic rings. The number of carbonyl (C=O) groups is 1. The van der Waals surface area contributed by atoms with Crippen molar-refractivity contribution < 1.29 is 18.0 Å². The van der Waals surface area contributed by atoms with Crippen LogP contribution in [-0.2, 0) is 6.54 Å². The lowest BCUT2D eigenvalue weighted by atomic mass is 10.2. The van der Waals surface area contributed by atoms with E-state index in [-0.39, 0.29) is 17.8 Å². The van der Waals surface area contributed by atoms with E-state index in [9.17, 15) is 13.6 Å². The maximum atomic E-state index is 13.5. The number of amides is 1. The summed E-state index contributed by atoms with van der Waals surface area (Å²) in [7, 11) is 0. The number of hydrogen-bond acceptors (Lipinski definition) is 3. The van der Waals surface area contributed by atoms with Gasteiger partial charge in [0.15, 0.2) is 11.5 Å². The number of aromatic amines is 1. The lowest BCUT2D eigenvalue weighted by Gasteiger charge is -2.04. The molecular weight excluding hydrogens is 304 g/mol. The van der Waals surface area contributed by atoms with Gasteiger partial charge in [-0.3, -0.25) is 9.89 Å². The first-order valence-electron chi connectivity index (χ1n) is 6.87. The quantitative estimate of drug-likeness (QED) is 0.776. The molecular formula is C16H13F2N3O2. The first-order valence-corrected chi connectivity index (χ1v) is 6.87. The second kappa shape index (κ2) is 6.04. The van der Waals surface area contributed by atoms with Gasteiger partial charge in [-0.2, -0.15) is 5.10 Å². The van der Waals surface area contributed by atoms with Crippen molar-refractivity contribution in [2.24, 2.45) is 0 Å². The summed E-state index contributed by atoms with van der Waals surface area (Å²) in [6, 6.07) is 8.15. The molecule has 2 aromatic heterocycles. The Morgan fingerprint density at radius 1 is 1.26 bits per heavy atom. The van der Waals surface area contributed by atoms with Crippen LogP contribution in [0.1, 0.15) is 21.8 Å². The number of nitrogens with one attached hydrogen (secondary N) is 2. The second-order valence-corrected chi connectivity index (χ2v) is 5.00. The van der Waals surface area contributed by atoms with Gasteiger partial charge in [0.2, 0.25) is 0 Å². The SMILES string of the molecule is Cc1ccc(-c2cc(C(=O)NCc3cc(F)ccc3F)n[nH]2)o1. The van der Waals surface area contributed by atoms with E-state index in [4.69, 9.17) is 4.42 Å². The number of halogens is 2. The molecule has 0 atom stereocenters. The van der Waals surface area contributed by atoms with E-state index in [0.717, 1.165) is 24.0 Å². The van der Waals surface area contributed by atoms with Crippen molar-refractivity contribution in [3.63, 3.8) is 0 Å². The highest BCUT2D eigenvalue weighted by molar-refractivity contribution is 5.93. The van der Waals surface area contributed by atoms with Gasteiger partial charge >= 0.3 is 0 Å². The number of aromatic nitrogens is 2. The number of rotatable bonds is 4. The number of hydrogen-bond donors (Lipinski definition) is 2. The zero-order chi connectivity index (χ0) is 16.4. The summed E-state index contributed by atoms with van der Waals surface area (Å²) >= 11 is 0. The van der Waals surface area contributed by atoms with E-state index in [0.29, 0.717) is 11.5 Å². The van der Waals surface area contributed by atoms with Crippen molar-refractivity contribution in [2.75, 3.05) is 0 Å². The molecule has 7 heteroatoms. The second-order valence-electron chi connectivity index (χ2n) is 5.00. The molecule has 2 N–H and O–H groups in total. The van der Waals surface area contributed by atoms with Crippen LogP contribution < -0.4 is 5.32 Å². The number of benzene rings is 1. The minimum Gasteiger partial charge on any atom is -0.460 e. The molecule has 5 nitrogen and oxygen atoms in total. The van der Waals surface area contributed by atoms with Gasteiger partial charge in [-0.15, -0.1) is 0 Å². The highest BCUT2D eigenvalue weighted by Gasteiger charge is 2.14. The van der Waals surface area contributed by atoms with Crippen LogP contribution in [0, 0.1) is 18.6 Å². The number of aryl methyl sites for hydroxylation is 1. The highest BCUT2D eigenvalue weighted by atomic mass is 19.1. The van der Waals surface area contributed by atoms with E-state index in [1.54, 1.807) is 19.1 Å². The predicted octanol–water partition coefficient (Wildman–Crippen LogP) is 3.19. The van der Waals surface area contributed by atoms with Crippen LogP contribution in [-0.4, -0.2) is 16.1 Å². The average Bonchev–Trinajstić information content (AvgIpc) is 3.16. The predicted molar refractivity (Wildman–Crippen MR) is 78.6 cm³/mol. The average molecular weight is 317 g/mol. The largest absolute Gasteiger partial charge is 0.460 e. The van der Waals surface area contributed by atoms with Crippen LogP contribution in [0.25, 0.3) is 11.5 Å². The Hall–Kier alpha value is -2.96. The molecule has 0 fully saturated rings. The smallest absolute Gasteiger partial charge is 0.272 e. The number of nitrogens with zero attached hydrogens (tertiary/aromatic N) is 1. The first-order chi connectivity index (χ1) is 11.0. The van der Waals surface area contributed by atoms with Gasteiger partial charge in [0, 0.05) is 18.2 Å². The third kappa shape index (κ3) is 3.28. The fourth-order valence-electron chi connectivity index (χ4n) is 2.09. The Balaban J connectivity index is 1.69. The molecule has 23 heavy (non-hydrogen) atoms. The van der Waals surface area contributed by atoms with Gasteiger partial charge in [0.25, 0.3) is 5.91 Å².